The van der Waals surface area contributed by atoms with Gasteiger partial charge in [0.2, 0.25) is 0 Å². The molecule has 0 spiro atoms. The summed E-state index contributed by atoms with van der Waals surface area (Å²) in [4.78, 5) is 22.7. The average Bonchev–Trinajstić information content (AvgIpc) is 2.14. The summed E-state index contributed by atoms with van der Waals surface area (Å²) >= 11 is 0. The van der Waals surface area contributed by atoms with E-state index in [4.69, 9.17) is 9.47 Å². The highest BCUT2D eigenvalue weighted by atomic mass is 16.6. The zero-order valence-corrected chi connectivity index (χ0v) is 12.4. The molecule has 0 aliphatic heterocycles. The van der Waals surface area contributed by atoms with Crippen molar-refractivity contribution in [1.82, 2.24) is 0 Å². The molecule has 0 aliphatic carbocycles. The third-order valence-corrected chi connectivity index (χ3v) is 2.73. The summed E-state index contributed by atoms with van der Waals surface area (Å²) in [6, 6.07) is 0. The van der Waals surface area contributed by atoms with Crippen LogP contribution in [-0.4, -0.2) is 23.6 Å². The first-order valence-corrected chi connectivity index (χ1v) is 6.48. The lowest BCUT2D eigenvalue weighted by Gasteiger charge is -2.33. The standard InChI is InChI=1S/C14H26O4/c1-7-8-9-11(14(5,6)17-10-15)12(16)18-13(2,3)4/h10-11H,7-9H2,1-6H3. The highest BCUT2D eigenvalue weighted by molar-refractivity contribution is 5.74. The van der Waals surface area contributed by atoms with Crippen LogP contribution >= 0.6 is 0 Å². The number of carbonyl (C=O) groups is 2. The van der Waals surface area contributed by atoms with Gasteiger partial charge in [0.15, 0.2) is 0 Å². The Kier molecular flexibility index (Phi) is 6.36. The first-order valence-electron chi connectivity index (χ1n) is 6.48. The Morgan fingerprint density at radius 3 is 2.17 bits per heavy atom. The minimum absolute atomic E-state index is 0.303. The van der Waals surface area contributed by atoms with E-state index < -0.39 is 17.1 Å². The fourth-order valence-corrected chi connectivity index (χ4v) is 1.74. The van der Waals surface area contributed by atoms with Gasteiger partial charge < -0.3 is 9.47 Å². The summed E-state index contributed by atoms with van der Waals surface area (Å²) in [5.74, 6) is -0.732. The van der Waals surface area contributed by atoms with Gasteiger partial charge >= 0.3 is 5.97 Å². The molecule has 1 atom stereocenters. The molecule has 0 aliphatic rings. The van der Waals surface area contributed by atoms with Gasteiger partial charge in [-0.25, -0.2) is 0 Å². The Morgan fingerprint density at radius 2 is 1.78 bits per heavy atom. The molecule has 4 nitrogen and oxygen atoms in total. The monoisotopic (exact) mass is 258 g/mol. The fraction of sp³-hybridized carbons (Fsp3) is 0.857. The molecule has 1 unspecified atom stereocenters. The number of esters is 1. The molecular weight excluding hydrogens is 232 g/mol. The summed E-state index contributed by atoms with van der Waals surface area (Å²) in [6.45, 7) is 11.4. The molecule has 0 heterocycles. The Bertz CT molecular complexity index is 276. The van der Waals surface area contributed by atoms with Gasteiger partial charge in [0.25, 0.3) is 6.47 Å². The lowest BCUT2D eigenvalue weighted by Crippen LogP contribution is -2.42. The highest BCUT2D eigenvalue weighted by Gasteiger charge is 2.39. The Hall–Kier alpha value is -1.06. The molecule has 0 saturated carbocycles. The van der Waals surface area contributed by atoms with Gasteiger partial charge in [-0.15, -0.1) is 0 Å². The van der Waals surface area contributed by atoms with E-state index >= 15 is 0 Å². The quantitative estimate of drug-likeness (QED) is 0.520. The van der Waals surface area contributed by atoms with Crippen molar-refractivity contribution >= 4 is 12.4 Å². The van der Waals surface area contributed by atoms with E-state index in [-0.39, 0.29) is 5.97 Å². The lowest BCUT2D eigenvalue weighted by molar-refractivity contribution is -0.173. The molecule has 0 saturated heterocycles. The molecule has 0 amide bonds. The van der Waals surface area contributed by atoms with Crippen molar-refractivity contribution < 1.29 is 19.1 Å². The number of rotatable bonds is 7. The second kappa shape index (κ2) is 6.76. The first-order chi connectivity index (χ1) is 8.14. The van der Waals surface area contributed by atoms with Gasteiger partial charge in [-0.1, -0.05) is 19.8 Å². The van der Waals surface area contributed by atoms with E-state index in [0.717, 1.165) is 12.8 Å². The maximum atomic E-state index is 12.2. The van der Waals surface area contributed by atoms with Crippen LogP contribution in [-0.2, 0) is 19.1 Å². The van der Waals surface area contributed by atoms with Crippen LogP contribution in [0.1, 0.15) is 60.8 Å². The van der Waals surface area contributed by atoms with Crippen molar-refractivity contribution in [3.63, 3.8) is 0 Å². The Morgan fingerprint density at radius 1 is 1.22 bits per heavy atom. The maximum Gasteiger partial charge on any atom is 0.313 e. The minimum Gasteiger partial charge on any atom is -0.461 e. The summed E-state index contributed by atoms with van der Waals surface area (Å²) in [5.41, 5.74) is -1.36. The van der Waals surface area contributed by atoms with Crippen molar-refractivity contribution in [2.45, 2.75) is 72.0 Å². The third kappa shape index (κ3) is 6.03. The van der Waals surface area contributed by atoms with Crippen LogP contribution in [0, 0.1) is 5.92 Å². The summed E-state index contributed by atoms with van der Waals surface area (Å²) in [6.07, 6.45) is 2.54. The van der Waals surface area contributed by atoms with E-state index in [2.05, 4.69) is 6.92 Å². The van der Waals surface area contributed by atoms with Crippen LogP contribution in [0.15, 0.2) is 0 Å². The molecule has 0 radical (unpaired) electrons. The molecule has 0 bridgehead atoms. The maximum absolute atomic E-state index is 12.2. The second-order valence-electron chi connectivity index (χ2n) is 6.05. The van der Waals surface area contributed by atoms with Crippen LogP contribution in [0.2, 0.25) is 0 Å². The van der Waals surface area contributed by atoms with E-state index in [1.807, 2.05) is 20.8 Å². The largest absolute Gasteiger partial charge is 0.461 e. The van der Waals surface area contributed by atoms with Crippen molar-refractivity contribution in [2.24, 2.45) is 5.92 Å². The average molecular weight is 258 g/mol. The fourth-order valence-electron chi connectivity index (χ4n) is 1.74. The molecule has 0 aromatic rings. The molecule has 106 valence electrons. The predicted octanol–water partition coefficient (Wildman–Crippen LogP) is 3.09. The van der Waals surface area contributed by atoms with E-state index in [0.29, 0.717) is 12.9 Å². The SMILES string of the molecule is CCCCC(C(=O)OC(C)(C)C)C(C)(C)OC=O. The van der Waals surface area contributed by atoms with Crippen LogP contribution in [0.25, 0.3) is 0 Å². The van der Waals surface area contributed by atoms with E-state index in [1.54, 1.807) is 13.8 Å². The van der Waals surface area contributed by atoms with Crippen LogP contribution in [0.4, 0.5) is 0 Å². The van der Waals surface area contributed by atoms with Gasteiger partial charge in [0.1, 0.15) is 11.2 Å². The molecule has 0 rings (SSSR count). The van der Waals surface area contributed by atoms with Gasteiger partial charge in [0.05, 0.1) is 5.92 Å². The molecule has 0 fully saturated rings. The first kappa shape index (κ1) is 16.9. The summed E-state index contributed by atoms with van der Waals surface area (Å²) < 4.78 is 10.4. The summed E-state index contributed by atoms with van der Waals surface area (Å²) in [5, 5.41) is 0. The second-order valence-corrected chi connectivity index (χ2v) is 6.05. The Balaban J connectivity index is 4.86. The van der Waals surface area contributed by atoms with Crippen LogP contribution < -0.4 is 0 Å². The van der Waals surface area contributed by atoms with Gasteiger partial charge in [-0.05, 0) is 41.0 Å². The van der Waals surface area contributed by atoms with E-state index in [1.165, 1.54) is 0 Å². The smallest absolute Gasteiger partial charge is 0.313 e. The van der Waals surface area contributed by atoms with E-state index in [9.17, 15) is 9.59 Å². The van der Waals surface area contributed by atoms with Gasteiger partial charge in [-0.2, -0.15) is 0 Å². The number of hydrogen-bond acceptors (Lipinski definition) is 4. The number of hydrogen-bond donors (Lipinski definition) is 0. The molecular formula is C14H26O4. The normalized spacial score (nSPS) is 13.9. The zero-order valence-electron chi connectivity index (χ0n) is 12.4. The number of ether oxygens (including phenoxy) is 2. The molecule has 0 aromatic heterocycles. The zero-order chi connectivity index (χ0) is 14.4. The summed E-state index contributed by atoms with van der Waals surface area (Å²) in [7, 11) is 0. The molecule has 4 heteroatoms. The lowest BCUT2D eigenvalue weighted by atomic mass is 9.86. The van der Waals surface area contributed by atoms with Gasteiger partial charge in [-0.3, -0.25) is 9.59 Å². The van der Waals surface area contributed by atoms with Crippen molar-refractivity contribution in [2.75, 3.05) is 0 Å². The van der Waals surface area contributed by atoms with Crippen molar-refractivity contribution in [1.29, 1.82) is 0 Å². The highest BCUT2D eigenvalue weighted by Crippen LogP contribution is 2.28. The number of carbonyl (C=O) groups excluding carboxylic acids is 2. The topological polar surface area (TPSA) is 52.6 Å². The van der Waals surface area contributed by atoms with Crippen LogP contribution in [0.3, 0.4) is 0 Å². The molecule has 18 heavy (non-hydrogen) atoms. The van der Waals surface area contributed by atoms with Gasteiger partial charge in [0, 0.05) is 0 Å². The van der Waals surface area contributed by atoms with Crippen molar-refractivity contribution in [3.8, 4) is 0 Å². The molecule has 0 N–H and O–H groups in total. The number of unbranched alkanes of at least 4 members (excludes halogenated alkanes) is 1. The molecule has 0 aromatic carbocycles. The predicted molar refractivity (Wildman–Crippen MR) is 70.1 cm³/mol. The third-order valence-electron chi connectivity index (χ3n) is 2.73. The van der Waals surface area contributed by atoms with Crippen molar-refractivity contribution in [3.05, 3.63) is 0 Å². The minimum atomic E-state index is -0.834. The Labute approximate surface area is 110 Å². The van der Waals surface area contributed by atoms with Crippen LogP contribution in [0.5, 0.6) is 0 Å².